The topological polar surface area (TPSA) is 63.4 Å². The SMILES string of the molecule is CN(C(=O)CN1CCC(c2nn(C)c(=O)n2-c2ccccc2)CC1)c1ccccc1. The molecular weight excluding hydrogens is 378 g/mol. The Balaban J connectivity index is 1.43. The van der Waals surface area contributed by atoms with E-state index in [0.29, 0.717) is 6.54 Å². The lowest BCUT2D eigenvalue weighted by Crippen LogP contribution is -2.42. The van der Waals surface area contributed by atoms with E-state index in [2.05, 4.69) is 10.00 Å². The van der Waals surface area contributed by atoms with E-state index in [-0.39, 0.29) is 17.5 Å². The van der Waals surface area contributed by atoms with Crippen molar-refractivity contribution in [2.45, 2.75) is 18.8 Å². The first kappa shape index (κ1) is 20.1. The molecule has 3 aromatic rings. The van der Waals surface area contributed by atoms with Crippen LogP contribution >= 0.6 is 0 Å². The minimum absolute atomic E-state index is 0.0821. The number of para-hydroxylation sites is 2. The molecule has 0 aliphatic carbocycles. The smallest absolute Gasteiger partial charge is 0.314 e. The van der Waals surface area contributed by atoms with Gasteiger partial charge in [-0.15, -0.1) is 0 Å². The summed E-state index contributed by atoms with van der Waals surface area (Å²) in [4.78, 5) is 29.2. The van der Waals surface area contributed by atoms with E-state index in [1.807, 2.05) is 67.7 Å². The van der Waals surface area contributed by atoms with Gasteiger partial charge in [-0.1, -0.05) is 36.4 Å². The third kappa shape index (κ3) is 4.07. The Morgan fingerprint density at radius 1 is 1.03 bits per heavy atom. The fraction of sp³-hybridized carbons (Fsp3) is 0.348. The molecule has 7 nitrogen and oxygen atoms in total. The zero-order valence-electron chi connectivity index (χ0n) is 17.4. The summed E-state index contributed by atoms with van der Waals surface area (Å²) < 4.78 is 3.13. The summed E-state index contributed by atoms with van der Waals surface area (Å²) in [6, 6.07) is 19.3. The molecule has 4 rings (SSSR count). The summed E-state index contributed by atoms with van der Waals surface area (Å²) in [5, 5.41) is 4.54. The number of hydrogen-bond acceptors (Lipinski definition) is 4. The molecule has 156 valence electrons. The number of piperidine rings is 1. The first-order chi connectivity index (χ1) is 14.5. The summed E-state index contributed by atoms with van der Waals surface area (Å²) in [5.41, 5.74) is 1.61. The maximum Gasteiger partial charge on any atom is 0.350 e. The highest BCUT2D eigenvalue weighted by molar-refractivity contribution is 5.94. The van der Waals surface area contributed by atoms with Crippen molar-refractivity contribution in [2.24, 2.45) is 7.05 Å². The van der Waals surface area contributed by atoms with E-state index >= 15 is 0 Å². The molecule has 2 aromatic carbocycles. The minimum Gasteiger partial charge on any atom is -0.314 e. The van der Waals surface area contributed by atoms with E-state index in [0.717, 1.165) is 43.1 Å². The number of amides is 1. The van der Waals surface area contributed by atoms with E-state index in [9.17, 15) is 9.59 Å². The number of likely N-dealkylation sites (N-methyl/N-ethyl adjacent to an activating group) is 1. The predicted octanol–water partition coefficient (Wildman–Crippen LogP) is 2.41. The zero-order chi connectivity index (χ0) is 21.1. The molecule has 1 amide bonds. The normalized spacial score (nSPS) is 15.3. The number of aromatic nitrogens is 3. The lowest BCUT2D eigenvalue weighted by molar-refractivity contribution is -0.119. The molecular formula is C23H27N5O2. The highest BCUT2D eigenvalue weighted by Gasteiger charge is 2.28. The quantitative estimate of drug-likeness (QED) is 0.654. The molecule has 7 heteroatoms. The van der Waals surface area contributed by atoms with Crippen molar-refractivity contribution in [3.8, 4) is 5.69 Å². The third-order valence-corrected chi connectivity index (χ3v) is 5.79. The van der Waals surface area contributed by atoms with Gasteiger partial charge in [-0.2, -0.15) is 5.10 Å². The van der Waals surface area contributed by atoms with Crippen LogP contribution in [0.1, 0.15) is 24.6 Å². The monoisotopic (exact) mass is 405 g/mol. The van der Waals surface area contributed by atoms with Gasteiger partial charge in [0.15, 0.2) is 0 Å². The lowest BCUT2D eigenvalue weighted by Gasteiger charge is -2.32. The van der Waals surface area contributed by atoms with Crippen LogP contribution in [-0.2, 0) is 11.8 Å². The molecule has 1 aliphatic rings. The van der Waals surface area contributed by atoms with Crippen molar-refractivity contribution >= 4 is 11.6 Å². The molecule has 1 saturated heterocycles. The number of carbonyl (C=O) groups is 1. The summed E-state index contributed by atoms with van der Waals surface area (Å²) >= 11 is 0. The molecule has 0 unspecified atom stereocenters. The summed E-state index contributed by atoms with van der Waals surface area (Å²) in [6.45, 7) is 2.00. The van der Waals surface area contributed by atoms with Gasteiger partial charge in [-0.05, 0) is 50.2 Å². The average molecular weight is 406 g/mol. The highest BCUT2D eigenvalue weighted by Crippen LogP contribution is 2.27. The van der Waals surface area contributed by atoms with Crippen LogP contribution in [0.25, 0.3) is 5.69 Å². The fourth-order valence-corrected chi connectivity index (χ4v) is 4.01. The Morgan fingerprint density at radius 3 is 2.27 bits per heavy atom. The van der Waals surface area contributed by atoms with Gasteiger partial charge in [0.05, 0.1) is 12.2 Å². The molecule has 0 radical (unpaired) electrons. The first-order valence-electron chi connectivity index (χ1n) is 10.3. The van der Waals surface area contributed by atoms with Crippen LogP contribution in [0.2, 0.25) is 0 Å². The van der Waals surface area contributed by atoms with E-state index in [1.54, 1.807) is 16.5 Å². The Bertz CT molecular complexity index is 1050. The maximum atomic E-state index is 12.7. The van der Waals surface area contributed by atoms with Gasteiger partial charge < -0.3 is 4.90 Å². The molecule has 0 saturated carbocycles. The molecule has 1 fully saturated rings. The Hall–Kier alpha value is -3.19. The predicted molar refractivity (Wildman–Crippen MR) is 117 cm³/mol. The van der Waals surface area contributed by atoms with Crippen molar-refractivity contribution in [1.82, 2.24) is 19.2 Å². The number of likely N-dealkylation sites (tertiary alicyclic amines) is 1. The van der Waals surface area contributed by atoms with Gasteiger partial charge in [-0.25, -0.2) is 14.0 Å². The molecule has 0 N–H and O–H groups in total. The van der Waals surface area contributed by atoms with Gasteiger partial charge in [0, 0.05) is 25.7 Å². The van der Waals surface area contributed by atoms with Crippen molar-refractivity contribution in [3.63, 3.8) is 0 Å². The number of rotatable bonds is 5. The number of benzene rings is 2. The third-order valence-electron chi connectivity index (χ3n) is 5.79. The van der Waals surface area contributed by atoms with E-state index < -0.39 is 0 Å². The number of hydrogen-bond donors (Lipinski definition) is 0. The van der Waals surface area contributed by atoms with E-state index in [1.165, 1.54) is 4.68 Å². The first-order valence-corrected chi connectivity index (χ1v) is 10.3. The molecule has 0 atom stereocenters. The summed E-state index contributed by atoms with van der Waals surface area (Å²) in [5.74, 6) is 1.08. The number of nitrogens with zero attached hydrogens (tertiary/aromatic N) is 5. The lowest BCUT2D eigenvalue weighted by atomic mass is 9.95. The summed E-state index contributed by atoms with van der Waals surface area (Å²) in [6.07, 6.45) is 1.73. The highest BCUT2D eigenvalue weighted by atomic mass is 16.2. The van der Waals surface area contributed by atoms with Gasteiger partial charge >= 0.3 is 5.69 Å². The van der Waals surface area contributed by atoms with Crippen LogP contribution in [0.4, 0.5) is 5.69 Å². The van der Waals surface area contributed by atoms with Crippen LogP contribution < -0.4 is 10.6 Å². The van der Waals surface area contributed by atoms with Crippen LogP contribution in [0.15, 0.2) is 65.5 Å². The molecule has 30 heavy (non-hydrogen) atoms. The van der Waals surface area contributed by atoms with Crippen LogP contribution in [0.3, 0.4) is 0 Å². The van der Waals surface area contributed by atoms with Crippen molar-refractivity contribution in [1.29, 1.82) is 0 Å². The van der Waals surface area contributed by atoms with Crippen LogP contribution in [0.5, 0.6) is 0 Å². The Kier molecular flexibility index (Phi) is 5.81. The van der Waals surface area contributed by atoms with Gasteiger partial charge in [0.25, 0.3) is 0 Å². The Morgan fingerprint density at radius 2 is 1.63 bits per heavy atom. The van der Waals surface area contributed by atoms with Gasteiger partial charge in [0.1, 0.15) is 5.82 Å². The Labute approximate surface area is 176 Å². The van der Waals surface area contributed by atoms with Crippen LogP contribution in [0, 0.1) is 0 Å². The van der Waals surface area contributed by atoms with Gasteiger partial charge in [-0.3, -0.25) is 9.69 Å². The average Bonchev–Trinajstić information content (AvgIpc) is 3.09. The second-order valence-corrected chi connectivity index (χ2v) is 7.77. The van der Waals surface area contributed by atoms with Crippen LogP contribution in [-0.4, -0.2) is 51.8 Å². The number of aryl methyl sites for hydroxylation is 1. The fourth-order valence-electron chi connectivity index (χ4n) is 4.01. The molecule has 0 bridgehead atoms. The second kappa shape index (κ2) is 8.67. The van der Waals surface area contributed by atoms with Gasteiger partial charge in [0.2, 0.25) is 5.91 Å². The largest absolute Gasteiger partial charge is 0.350 e. The standard InChI is InChI=1S/C23H27N5O2/c1-25(19-9-5-3-6-10-19)21(29)17-27-15-13-18(14-16-27)22-24-26(2)23(30)28(22)20-11-7-4-8-12-20/h3-12,18H,13-17H2,1-2H3. The zero-order valence-corrected chi connectivity index (χ0v) is 17.4. The number of carbonyl (C=O) groups excluding carboxylic acids is 1. The van der Waals surface area contributed by atoms with Crippen molar-refractivity contribution < 1.29 is 4.79 Å². The van der Waals surface area contributed by atoms with E-state index in [4.69, 9.17) is 0 Å². The molecule has 0 spiro atoms. The van der Waals surface area contributed by atoms with Crippen molar-refractivity contribution in [3.05, 3.63) is 77.0 Å². The molecule has 1 aliphatic heterocycles. The maximum absolute atomic E-state index is 12.7. The number of anilines is 1. The molecule has 2 heterocycles. The summed E-state index contributed by atoms with van der Waals surface area (Å²) in [7, 11) is 3.51. The van der Waals surface area contributed by atoms with Crippen molar-refractivity contribution in [2.75, 3.05) is 31.6 Å². The molecule has 1 aromatic heterocycles. The second-order valence-electron chi connectivity index (χ2n) is 7.77. The minimum atomic E-state index is -0.127.